The molecule has 1 N–H and O–H groups in total. The Hall–Kier alpha value is -1.50. The molecule has 6 heteroatoms. The lowest BCUT2D eigenvalue weighted by Crippen LogP contribution is -2.63. The number of likely N-dealkylation sites (tertiary alicyclic amines) is 1. The Morgan fingerprint density at radius 3 is 2.61 bits per heavy atom. The first-order valence-corrected chi connectivity index (χ1v) is 7.90. The number of benzene rings is 1. The van der Waals surface area contributed by atoms with Gasteiger partial charge in [-0.25, -0.2) is 4.39 Å². The summed E-state index contributed by atoms with van der Waals surface area (Å²) < 4.78 is 26.1. The summed E-state index contributed by atoms with van der Waals surface area (Å²) in [4.78, 5) is 14.3. The molecule has 2 saturated heterocycles. The predicted molar refractivity (Wildman–Crippen MR) is 83.4 cm³/mol. The maximum Gasteiger partial charge on any atom is 0.239 e. The van der Waals surface area contributed by atoms with Gasteiger partial charge in [0, 0.05) is 20.1 Å². The van der Waals surface area contributed by atoms with E-state index >= 15 is 0 Å². The number of carbonyl (C=O) groups excluding carboxylic acids is 1. The lowest BCUT2D eigenvalue weighted by molar-refractivity contribution is -0.153. The third-order valence-electron chi connectivity index (χ3n) is 4.38. The van der Waals surface area contributed by atoms with Gasteiger partial charge in [-0.2, -0.15) is 0 Å². The Morgan fingerprint density at radius 2 is 1.96 bits per heavy atom. The molecule has 0 bridgehead atoms. The first-order chi connectivity index (χ1) is 10.9. The minimum Gasteiger partial charge on any atom is -0.358 e. The topological polar surface area (TPSA) is 50.8 Å². The Labute approximate surface area is 135 Å². The molecule has 0 aromatic heterocycles. The highest BCUT2D eigenvalue weighted by Crippen LogP contribution is 2.38. The number of likely N-dealkylation sites (N-methyl/N-ethyl adjacent to an activating group) is 1. The fraction of sp³-hybridized carbons (Fsp3) is 0.588. The van der Waals surface area contributed by atoms with Gasteiger partial charge in [0.2, 0.25) is 5.91 Å². The highest BCUT2D eigenvalue weighted by Gasteiger charge is 2.55. The van der Waals surface area contributed by atoms with Gasteiger partial charge in [-0.05, 0) is 19.4 Å². The molecule has 0 saturated carbocycles. The van der Waals surface area contributed by atoms with Gasteiger partial charge in [-0.3, -0.25) is 9.69 Å². The second-order valence-corrected chi connectivity index (χ2v) is 6.55. The first-order valence-electron chi connectivity index (χ1n) is 7.90. The molecule has 2 fully saturated rings. The number of amides is 1. The number of piperidine rings is 1. The zero-order valence-electron chi connectivity index (χ0n) is 13.7. The van der Waals surface area contributed by atoms with Crippen molar-refractivity contribution < 1.29 is 18.7 Å². The van der Waals surface area contributed by atoms with E-state index in [1.807, 2.05) is 35.2 Å². The van der Waals surface area contributed by atoms with E-state index in [1.54, 1.807) is 20.9 Å². The highest BCUT2D eigenvalue weighted by atomic mass is 19.1. The van der Waals surface area contributed by atoms with Crippen LogP contribution in [0.1, 0.15) is 19.4 Å². The van der Waals surface area contributed by atoms with Crippen molar-refractivity contribution in [3.05, 3.63) is 35.9 Å². The molecule has 2 aliphatic rings. The van der Waals surface area contributed by atoms with Crippen LogP contribution in [-0.4, -0.2) is 54.6 Å². The molecular weight excluding hydrogens is 299 g/mol. The molecule has 4 atom stereocenters. The molecule has 4 unspecified atom stereocenters. The van der Waals surface area contributed by atoms with Gasteiger partial charge in [0.15, 0.2) is 5.79 Å². The fourth-order valence-corrected chi connectivity index (χ4v) is 3.43. The number of fused-ring (bicyclic) bond motifs is 1. The van der Waals surface area contributed by atoms with Crippen molar-refractivity contribution >= 4 is 5.91 Å². The van der Waals surface area contributed by atoms with Crippen molar-refractivity contribution in [2.45, 2.75) is 50.6 Å². The lowest BCUT2D eigenvalue weighted by atomic mass is 9.93. The van der Waals surface area contributed by atoms with Crippen molar-refractivity contribution in [1.29, 1.82) is 0 Å². The van der Waals surface area contributed by atoms with Gasteiger partial charge < -0.3 is 14.8 Å². The highest BCUT2D eigenvalue weighted by molar-refractivity contribution is 5.82. The van der Waals surface area contributed by atoms with Crippen molar-refractivity contribution in [2.75, 3.05) is 13.6 Å². The van der Waals surface area contributed by atoms with E-state index in [2.05, 4.69) is 5.32 Å². The van der Waals surface area contributed by atoms with E-state index in [-0.39, 0.29) is 12.5 Å². The molecule has 3 rings (SSSR count). The molecule has 0 radical (unpaired) electrons. The summed E-state index contributed by atoms with van der Waals surface area (Å²) in [6.07, 6.45) is -2.51. The zero-order chi connectivity index (χ0) is 16.6. The Balaban J connectivity index is 1.87. The van der Waals surface area contributed by atoms with Crippen LogP contribution in [0.3, 0.4) is 0 Å². The van der Waals surface area contributed by atoms with Crippen LogP contribution in [0.15, 0.2) is 30.3 Å². The third kappa shape index (κ3) is 3.24. The number of hydrogen-bond donors (Lipinski definition) is 1. The second kappa shape index (κ2) is 6.19. The van der Waals surface area contributed by atoms with Crippen LogP contribution >= 0.6 is 0 Å². The summed E-state index contributed by atoms with van der Waals surface area (Å²) in [5.41, 5.74) is 1.03. The number of rotatable bonds is 3. The van der Waals surface area contributed by atoms with E-state index in [0.717, 1.165) is 5.56 Å². The monoisotopic (exact) mass is 322 g/mol. The maximum absolute atomic E-state index is 14.6. The SMILES string of the molecule is CNC(=O)C1C2OC(C)(C)OC2C(F)CN1Cc1ccccc1. The molecule has 0 spiro atoms. The van der Waals surface area contributed by atoms with Crippen molar-refractivity contribution in [2.24, 2.45) is 0 Å². The van der Waals surface area contributed by atoms with E-state index in [1.165, 1.54) is 0 Å². The summed E-state index contributed by atoms with van der Waals surface area (Å²) >= 11 is 0. The maximum atomic E-state index is 14.6. The molecule has 1 aromatic carbocycles. The summed E-state index contributed by atoms with van der Waals surface area (Å²) in [5, 5.41) is 2.67. The standard InChI is InChI=1S/C17H23FN2O3/c1-17(2)22-14-12(18)10-20(9-11-7-5-4-6-8-11)13(15(14)23-17)16(21)19-3/h4-8,12-15H,9-10H2,1-3H3,(H,19,21). The Bertz CT molecular complexity index is 566. The molecular formula is C17H23FN2O3. The average Bonchev–Trinajstić information content (AvgIpc) is 2.84. The molecule has 1 amide bonds. The minimum absolute atomic E-state index is 0.146. The molecule has 23 heavy (non-hydrogen) atoms. The number of alkyl halides is 1. The van der Waals surface area contributed by atoms with Crippen LogP contribution < -0.4 is 5.32 Å². The van der Waals surface area contributed by atoms with Crippen LogP contribution in [0.5, 0.6) is 0 Å². The summed E-state index contributed by atoms with van der Waals surface area (Å²) in [7, 11) is 1.58. The van der Waals surface area contributed by atoms with Crippen LogP contribution in [0.25, 0.3) is 0 Å². The molecule has 0 aliphatic carbocycles. The Morgan fingerprint density at radius 1 is 1.30 bits per heavy atom. The number of carbonyl (C=O) groups is 1. The van der Waals surface area contributed by atoms with E-state index in [0.29, 0.717) is 6.54 Å². The van der Waals surface area contributed by atoms with Gasteiger partial charge in [0.25, 0.3) is 0 Å². The van der Waals surface area contributed by atoms with Crippen molar-refractivity contribution in [1.82, 2.24) is 10.2 Å². The largest absolute Gasteiger partial charge is 0.358 e. The van der Waals surface area contributed by atoms with Gasteiger partial charge in [-0.15, -0.1) is 0 Å². The van der Waals surface area contributed by atoms with Gasteiger partial charge in [0.05, 0.1) is 0 Å². The smallest absolute Gasteiger partial charge is 0.239 e. The number of ether oxygens (including phenoxy) is 2. The van der Waals surface area contributed by atoms with Gasteiger partial charge >= 0.3 is 0 Å². The van der Waals surface area contributed by atoms with Crippen LogP contribution in [-0.2, 0) is 20.8 Å². The predicted octanol–water partition coefficient (Wildman–Crippen LogP) is 1.47. The average molecular weight is 322 g/mol. The third-order valence-corrected chi connectivity index (χ3v) is 4.38. The number of halogens is 1. The van der Waals surface area contributed by atoms with E-state index in [4.69, 9.17) is 9.47 Å². The Kier molecular flexibility index (Phi) is 4.40. The summed E-state index contributed by atoms with van der Waals surface area (Å²) in [6.45, 7) is 4.14. The second-order valence-electron chi connectivity index (χ2n) is 6.55. The van der Waals surface area contributed by atoms with Gasteiger partial charge in [0.1, 0.15) is 24.4 Å². The lowest BCUT2D eigenvalue weighted by Gasteiger charge is -2.41. The summed E-state index contributed by atoms with van der Waals surface area (Å²) in [5.74, 6) is -1.06. The fourth-order valence-electron chi connectivity index (χ4n) is 3.43. The van der Waals surface area contributed by atoms with E-state index < -0.39 is 30.2 Å². The molecule has 5 nitrogen and oxygen atoms in total. The van der Waals surface area contributed by atoms with Gasteiger partial charge in [-0.1, -0.05) is 30.3 Å². The normalized spacial score (nSPS) is 33.2. The quantitative estimate of drug-likeness (QED) is 0.916. The van der Waals surface area contributed by atoms with E-state index in [9.17, 15) is 9.18 Å². The van der Waals surface area contributed by atoms with Crippen LogP contribution in [0.2, 0.25) is 0 Å². The molecule has 126 valence electrons. The van der Waals surface area contributed by atoms with Crippen LogP contribution in [0.4, 0.5) is 4.39 Å². The molecule has 1 aromatic rings. The number of nitrogens with one attached hydrogen (secondary N) is 1. The van der Waals surface area contributed by atoms with Crippen LogP contribution in [0, 0.1) is 0 Å². The minimum atomic E-state index is -1.19. The first kappa shape index (κ1) is 16.4. The molecule has 2 heterocycles. The van der Waals surface area contributed by atoms with Crippen molar-refractivity contribution in [3.63, 3.8) is 0 Å². The number of nitrogens with zero attached hydrogens (tertiary/aromatic N) is 1. The van der Waals surface area contributed by atoms with Crippen molar-refractivity contribution in [3.8, 4) is 0 Å². The molecule has 2 aliphatic heterocycles. The zero-order valence-corrected chi connectivity index (χ0v) is 13.7. The number of hydrogen-bond acceptors (Lipinski definition) is 4. The summed E-state index contributed by atoms with van der Waals surface area (Å²) in [6, 6.07) is 9.16.